The zero-order chi connectivity index (χ0) is 16.2. The fourth-order valence-corrected chi connectivity index (χ4v) is 2.91. The van der Waals surface area contributed by atoms with Crippen molar-refractivity contribution in [2.75, 3.05) is 25.0 Å². The monoisotopic (exact) mass is 329 g/mol. The minimum absolute atomic E-state index is 0.0791. The summed E-state index contributed by atoms with van der Waals surface area (Å²) in [5, 5.41) is 7.30. The van der Waals surface area contributed by atoms with E-state index in [1.54, 1.807) is 30.3 Å². The molecule has 0 atom stereocenters. The number of rotatable bonds is 3. The molecule has 1 aromatic carbocycles. The van der Waals surface area contributed by atoms with E-state index in [4.69, 9.17) is 0 Å². The lowest BCUT2D eigenvalue weighted by Crippen LogP contribution is -2.49. The van der Waals surface area contributed by atoms with E-state index in [2.05, 4.69) is 10.6 Å². The predicted octanol–water partition coefficient (Wildman–Crippen LogP) is 1.57. The van der Waals surface area contributed by atoms with Gasteiger partial charge in [0.2, 0.25) is 5.91 Å². The molecular weight excluding hydrogens is 314 g/mol. The van der Waals surface area contributed by atoms with Gasteiger partial charge in [0.05, 0.1) is 11.4 Å². The molecule has 6 nitrogen and oxygen atoms in total. The summed E-state index contributed by atoms with van der Waals surface area (Å²) in [5.41, 5.74) is 1.12. The van der Waals surface area contributed by atoms with Crippen molar-refractivity contribution in [1.29, 1.82) is 0 Å². The number of thiophene rings is 1. The van der Waals surface area contributed by atoms with E-state index in [1.165, 1.54) is 16.2 Å². The number of nitrogens with zero attached hydrogens (tertiary/aromatic N) is 1. The van der Waals surface area contributed by atoms with Gasteiger partial charge < -0.3 is 15.5 Å². The van der Waals surface area contributed by atoms with E-state index in [9.17, 15) is 14.4 Å². The van der Waals surface area contributed by atoms with Gasteiger partial charge in [-0.2, -0.15) is 0 Å². The number of carbonyl (C=O) groups excluding carboxylic acids is 3. The van der Waals surface area contributed by atoms with Crippen molar-refractivity contribution in [1.82, 2.24) is 10.2 Å². The van der Waals surface area contributed by atoms with E-state index in [-0.39, 0.29) is 24.3 Å². The second kappa shape index (κ2) is 6.62. The predicted molar refractivity (Wildman–Crippen MR) is 87.6 cm³/mol. The van der Waals surface area contributed by atoms with Crippen LogP contribution in [0.5, 0.6) is 0 Å². The molecule has 0 bridgehead atoms. The fraction of sp³-hybridized carbons (Fsp3) is 0.188. The molecule has 1 aliphatic heterocycles. The van der Waals surface area contributed by atoms with Crippen molar-refractivity contribution in [3.8, 4) is 0 Å². The molecule has 0 aliphatic carbocycles. The smallest absolute Gasteiger partial charge is 0.265 e. The van der Waals surface area contributed by atoms with Crippen molar-refractivity contribution < 1.29 is 14.4 Å². The zero-order valence-electron chi connectivity index (χ0n) is 12.2. The van der Waals surface area contributed by atoms with Crippen LogP contribution in [0.4, 0.5) is 5.69 Å². The fourth-order valence-electron chi connectivity index (χ4n) is 2.29. The van der Waals surface area contributed by atoms with Crippen LogP contribution in [0.25, 0.3) is 0 Å². The molecule has 0 radical (unpaired) electrons. The molecule has 3 rings (SSSR count). The lowest BCUT2D eigenvalue weighted by atomic mass is 10.1. The third-order valence-electron chi connectivity index (χ3n) is 3.46. The number of piperazine rings is 1. The van der Waals surface area contributed by atoms with Gasteiger partial charge in [-0.3, -0.25) is 14.4 Å². The van der Waals surface area contributed by atoms with Crippen LogP contribution < -0.4 is 10.6 Å². The molecule has 2 N–H and O–H groups in total. The number of hydrogen-bond donors (Lipinski definition) is 2. The van der Waals surface area contributed by atoms with Crippen LogP contribution in [0, 0.1) is 0 Å². The number of hydrogen-bond acceptors (Lipinski definition) is 4. The average Bonchev–Trinajstić information content (AvgIpc) is 3.09. The van der Waals surface area contributed by atoms with Gasteiger partial charge in [0.15, 0.2) is 0 Å². The van der Waals surface area contributed by atoms with Crippen molar-refractivity contribution in [3.63, 3.8) is 0 Å². The summed E-state index contributed by atoms with van der Waals surface area (Å²) in [6.07, 6.45) is 0. The maximum Gasteiger partial charge on any atom is 0.265 e. The number of carbonyl (C=O) groups is 3. The summed E-state index contributed by atoms with van der Waals surface area (Å²) < 4.78 is 0. The highest BCUT2D eigenvalue weighted by molar-refractivity contribution is 7.12. The van der Waals surface area contributed by atoms with E-state index in [1.807, 2.05) is 11.4 Å². The Hall–Kier alpha value is -2.67. The van der Waals surface area contributed by atoms with Crippen LogP contribution in [0.3, 0.4) is 0 Å². The van der Waals surface area contributed by atoms with Gasteiger partial charge in [-0.05, 0) is 35.7 Å². The van der Waals surface area contributed by atoms with Gasteiger partial charge in [0.25, 0.3) is 11.8 Å². The van der Waals surface area contributed by atoms with Gasteiger partial charge in [-0.25, -0.2) is 0 Å². The van der Waals surface area contributed by atoms with Gasteiger partial charge in [-0.15, -0.1) is 11.3 Å². The van der Waals surface area contributed by atoms with Gasteiger partial charge >= 0.3 is 0 Å². The Morgan fingerprint density at radius 1 is 1.17 bits per heavy atom. The van der Waals surface area contributed by atoms with Crippen LogP contribution in [-0.2, 0) is 4.79 Å². The van der Waals surface area contributed by atoms with Gasteiger partial charge in [0.1, 0.15) is 0 Å². The summed E-state index contributed by atoms with van der Waals surface area (Å²) in [6, 6.07) is 10.2. The highest BCUT2D eigenvalue weighted by Gasteiger charge is 2.22. The topological polar surface area (TPSA) is 78.5 Å². The first-order chi connectivity index (χ1) is 11.1. The summed E-state index contributed by atoms with van der Waals surface area (Å²) >= 11 is 1.37. The molecule has 3 amide bonds. The summed E-state index contributed by atoms with van der Waals surface area (Å²) in [4.78, 5) is 37.8. The highest BCUT2D eigenvalue weighted by atomic mass is 32.1. The first kappa shape index (κ1) is 15.2. The molecule has 118 valence electrons. The first-order valence-electron chi connectivity index (χ1n) is 7.14. The molecule has 0 saturated carbocycles. The van der Waals surface area contributed by atoms with Crippen LogP contribution in [0.1, 0.15) is 20.0 Å². The van der Waals surface area contributed by atoms with Gasteiger partial charge in [0, 0.05) is 24.3 Å². The summed E-state index contributed by atoms with van der Waals surface area (Å²) in [6.45, 7) is 1.05. The Morgan fingerprint density at radius 2 is 1.96 bits per heavy atom. The quantitative estimate of drug-likeness (QED) is 0.897. The Bertz CT molecular complexity index is 726. The molecule has 2 aromatic rings. The zero-order valence-corrected chi connectivity index (χ0v) is 13.1. The molecule has 1 aromatic heterocycles. The minimum Gasteiger partial charge on any atom is -0.353 e. The molecule has 7 heteroatoms. The van der Waals surface area contributed by atoms with Crippen molar-refractivity contribution in [2.24, 2.45) is 0 Å². The molecule has 1 aliphatic rings. The SMILES string of the molecule is O=C1CN(C(=O)c2ccc(NC(=O)c3cccs3)cc2)CCN1. The Balaban J connectivity index is 1.66. The third kappa shape index (κ3) is 3.57. The highest BCUT2D eigenvalue weighted by Crippen LogP contribution is 2.15. The number of amides is 3. The first-order valence-corrected chi connectivity index (χ1v) is 8.02. The Morgan fingerprint density at radius 3 is 2.61 bits per heavy atom. The molecule has 2 heterocycles. The number of nitrogens with one attached hydrogen (secondary N) is 2. The Labute approximate surface area is 137 Å². The van der Waals surface area contributed by atoms with E-state index in [0.29, 0.717) is 29.2 Å². The molecule has 1 saturated heterocycles. The summed E-state index contributed by atoms with van der Waals surface area (Å²) in [5.74, 6) is -0.507. The van der Waals surface area contributed by atoms with Crippen LogP contribution >= 0.6 is 11.3 Å². The lowest BCUT2D eigenvalue weighted by molar-refractivity contribution is -0.123. The van der Waals surface area contributed by atoms with E-state index < -0.39 is 0 Å². The molecule has 1 fully saturated rings. The largest absolute Gasteiger partial charge is 0.353 e. The Kier molecular flexibility index (Phi) is 4.38. The lowest BCUT2D eigenvalue weighted by Gasteiger charge is -2.26. The van der Waals surface area contributed by atoms with Crippen LogP contribution in [0.15, 0.2) is 41.8 Å². The van der Waals surface area contributed by atoms with Crippen molar-refractivity contribution >= 4 is 34.7 Å². The number of anilines is 1. The minimum atomic E-state index is -0.184. The molecule has 23 heavy (non-hydrogen) atoms. The van der Waals surface area contributed by atoms with Crippen molar-refractivity contribution in [3.05, 3.63) is 52.2 Å². The van der Waals surface area contributed by atoms with Crippen molar-refractivity contribution in [2.45, 2.75) is 0 Å². The average molecular weight is 329 g/mol. The number of benzene rings is 1. The standard InChI is InChI=1S/C16H15N3O3S/c20-14-10-19(8-7-17-14)16(22)11-3-5-12(6-4-11)18-15(21)13-2-1-9-23-13/h1-6,9H,7-8,10H2,(H,17,20)(H,18,21). The van der Waals surface area contributed by atoms with E-state index >= 15 is 0 Å². The van der Waals surface area contributed by atoms with Crippen LogP contribution in [0.2, 0.25) is 0 Å². The van der Waals surface area contributed by atoms with E-state index in [0.717, 1.165) is 0 Å². The maximum atomic E-state index is 12.3. The second-order valence-corrected chi connectivity index (χ2v) is 6.03. The third-order valence-corrected chi connectivity index (χ3v) is 4.33. The maximum absolute atomic E-state index is 12.3. The summed E-state index contributed by atoms with van der Waals surface area (Å²) in [7, 11) is 0. The second-order valence-electron chi connectivity index (χ2n) is 5.09. The van der Waals surface area contributed by atoms with Crippen LogP contribution in [-0.4, -0.2) is 42.3 Å². The molecule has 0 unspecified atom stereocenters. The molecular formula is C16H15N3O3S. The van der Waals surface area contributed by atoms with Gasteiger partial charge in [-0.1, -0.05) is 6.07 Å². The molecule has 0 spiro atoms. The normalized spacial score (nSPS) is 14.3.